The van der Waals surface area contributed by atoms with Crippen LogP contribution in [0.25, 0.3) is 11.1 Å². The largest absolute Gasteiger partial charge is 0.507 e. The lowest BCUT2D eigenvalue weighted by Crippen LogP contribution is -2.00. The second-order valence-corrected chi connectivity index (χ2v) is 9.44. The Labute approximate surface area is 206 Å². The molecule has 0 radical (unpaired) electrons. The summed E-state index contributed by atoms with van der Waals surface area (Å²) in [6.45, 7) is 18.7. The standard InChI is InChI=1S/C28H33N3O4/c1-12-11-22(32)23(17(6)13(12)2)24-18(7)16(5)20(9)26(28(24)33)30-29-25-19(8)14(3)15(4)21(10)27(25)31(34)35/h11,32-33H,1-10H3. The molecule has 0 bridgehead atoms. The summed E-state index contributed by atoms with van der Waals surface area (Å²) < 4.78 is 0. The van der Waals surface area contributed by atoms with E-state index in [2.05, 4.69) is 10.2 Å². The van der Waals surface area contributed by atoms with Crippen LogP contribution in [0.4, 0.5) is 17.1 Å². The Hall–Kier alpha value is -3.74. The zero-order chi connectivity index (χ0) is 26.5. The fraction of sp³-hybridized carbons (Fsp3) is 0.357. The molecule has 35 heavy (non-hydrogen) atoms. The van der Waals surface area contributed by atoms with Gasteiger partial charge in [0, 0.05) is 16.7 Å². The molecule has 3 aromatic rings. The number of nitro groups is 1. The molecule has 184 valence electrons. The van der Waals surface area contributed by atoms with Crippen molar-refractivity contribution in [2.75, 3.05) is 0 Å². The van der Waals surface area contributed by atoms with Gasteiger partial charge in [-0.1, -0.05) is 0 Å². The molecule has 7 heteroatoms. The molecule has 0 heterocycles. The summed E-state index contributed by atoms with van der Waals surface area (Å²) in [4.78, 5) is 11.5. The van der Waals surface area contributed by atoms with E-state index in [1.54, 1.807) is 19.9 Å². The Kier molecular flexibility index (Phi) is 6.75. The monoisotopic (exact) mass is 475 g/mol. The van der Waals surface area contributed by atoms with Gasteiger partial charge in [-0.05, 0) is 125 Å². The third-order valence-electron chi connectivity index (χ3n) is 7.76. The number of aromatic hydroxyl groups is 2. The lowest BCUT2D eigenvalue weighted by Gasteiger charge is -2.20. The maximum atomic E-state index is 11.9. The molecule has 0 aliphatic heterocycles. The number of aryl methyl sites for hydroxylation is 1. The fourth-order valence-corrected chi connectivity index (χ4v) is 4.64. The molecule has 0 saturated carbocycles. The molecule has 3 rings (SSSR count). The highest BCUT2D eigenvalue weighted by molar-refractivity contribution is 5.88. The minimum Gasteiger partial charge on any atom is -0.507 e. The third-order valence-corrected chi connectivity index (χ3v) is 7.76. The summed E-state index contributed by atoms with van der Waals surface area (Å²) in [6.07, 6.45) is 0. The predicted octanol–water partition coefficient (Wildman–Crippen LogP) is 8.17. The van der Waals surface area contributed by atoms with Gasteiger partial charge in [-0.2, -0.15) is 0 Å². The van der Waals surface area contributed by atoms with Crippen LogP contribution in [0.3, 0.4) is 0 Å². The molecule has 2 N–H and O–H groups in total. The van der Waals surface area contributed by atoms with Crippen LogP contribution in [0.5, 0.6) is 11.5 Å². The molecular formula is C28H33N3O4. The summed E-state index contributed by atoms with van der Waals surface area (Å²) >= 11 is 0. The van der Waals surface area contributed by atoms with Crippen LogP contribution in [0, 0.1) is 79.4 Å². The van der Waals surface area contributed by atoms with Gasteiger partial charge in [0.2, 0.25) is 0 Å². The first-order valence-electron chi connectivity index (χ1n) is 11.5. The van der Waals surface area contributed by atoms with Crippen molar-refractivity contribution in [3.05, 3.63) is 71.8 Å². The van der Waals surface area contributed by atoms with Crippen molar-refractivity contribution in [3.8, 4) is 22.6 Å². The van der Waals surface area contributed by atoms with Crippen molar-refractivity contribution >= 4 is 17.1 Å². The van der Waals surface area contributed by atoms with E-state index in [-0.39, 0.29) is 28.6 Å². The van der Waals surface area contributed by atoms with Crippen molar-refractivity contribution in [3.63, 3.8) is 0 Å². The van der Waals surface area contributed by atoms with Gasteiger partial charge >= 0.3 is 0 Å². The average Bonchev–Trinajstić information content (AvgIpc) is 2.79. The van der Waals surface area contributed by atoms with Gasteiger partial charge in [0.05, 0.1) is 4.92 Å². The lowest BCUT2D eigenvalue weighted by atomic mass is 9.86. The van der Waals surface area contributed by atoms with Crippen LogP contribution in [-0.2, 0) is 0 Å². The van der Waals surface area contributed by atoms with E-state index in [4.69, 9.17) is 0 Å². The van der Waals surface area contributed by atoms with Crippen LogP contribution < -0.4 is 0 Å². The highest BCUT2D eigenvalue weighted by Crippen LogP contribution is 2.49. The van der Waals surface area contributed by atoms with Crippen LogP contribution in [0.2, 0.25) is 0 Å². The quantitative estimate of drug-likeness (QED) is 0.225. The van der Waals surface area contributed by atoms with Gasteiger partial charge < -0.3 is 10.2 Å². The Morgan fingerprint density at radius 1 is 0.629 bits per heavy atom. The van der Waals surface area contributed by atoms with Gasteiger partial charge in [-0.25, -0.2) is 0 Å². The van der Waals surface area contributed by atoms with Gasteiger partial charge in [0.15, 0.2) is 11.4 Å². The molecule has 0 spiro atoms. The first kappa shape index (κ1) is 25.9. The maximum absolute atomic E-state index is 11.9. The highest BCUT2D eigenvalue weighted by Gasteiger charge is 2.26. The van der Waals surface area contributed by atoms with Crippen LogP contribution in [0.15, 0.2) is 16.3 Å². The molecule has 0 amide bonds. The second kappa shape index (κ2) is 9.13. The van der Waals surface area contributed by atoms with E-state index in [1.165, 1.54) is 0 Å². The summed E-state index contributed by atoms with van der Waals surface area (Å²) in [5.41, 5.74) is 9.62. The SMILES string of the molecule is Cc1cc(O)c(-c2c(C)c(C)c(C)c(N=Nc3c(C)c(C)c(C)c(C)c3[N+](=O)[O-])c2O)c(C)c1C. The fourth-order valence-electron chi connectivity index (χ4n) is 4.64. The minimum absolute atomic E-state index is 0.0754. The number of azo groups is 1. The van der Waals surface area contributed by atoms with Gasteiger partial charge in [0.25, 0.3) is 5.69 Å². The average molecular weight is 476 g/mol. The molecule has 0 aliphatic carbocycles. The Morgan fingerprint density at radius 3 is 1.66 bits per heavy atom. The summed E-state index contributed by atoms with van der Waals surface area (Å²) in [6, 6.07) is 1.69. The topological polar surface area (TPSA) is 108 Å². The summed E-state index contributed by atoms with van der Waals surface area (Å²) in [5.74, 6) is -0.0386. The van der Waals surface area contributed by atoms with Crippen LogP contribution in [-0.4, -0.2) is 15.1 Å². The van der Waals surface area contributed by atoms with Crippen molar-refractivity contribution in [1.82, 2.24) is 0 Å². The highest BCUT2D eigenvalue weighted by atomic mass is 16.6. The van der Waals surface area contributed by atoms with Gasteiger partial charge in [0.1, 0.15) is 11.4 Å². The molecule has 0 saturated heterocycles. The van der Waals surface area contributed by atoms with Crippen molar-refractivity contribution in [2.24, 2.45) is 10.2 Å². The number of hydrogen-bond donors (Lipinski definition) is 2. The Bertz CT molecular complexity index is 1440. The number of benzene rings is 3. The lowest BCUT2D eigenvalue weighted by molar-refractivity contribution is -0.384. The third kappa shape index (κ3) is 4.05. The van der Waals surface area contributed by atoms with Crippen LogP contribution in [0.1, 0.15) is 55.6 Å². The van der Waals surface area contributed by atoms with E-state index in [0.717, 1.165) is 38.9 Å². The molecule has 7 nitrogen and oxygen atoms in total. The van der Waals surface area contributed by atoms with Gasteiger partial charge in [-0.15, -0.1) is 10.2 Å². The zero-order valence-corrected chi connectivity index (χ0v) is 22.1. The van der Waals surface area contributed by atoms with Crippen LogP contribution >= 0.6 is 0 Å². The number of rotatable bonds is 4. The molecule has 0 atom stereocenters. The first-order valence-corrected chi connectivity index (χ1v) is 11.5. The Morgan fingerprint density at radius 2 is 1.09 bits per heavy atom. The summed E-state index contributed by atoms with van der Waals surface area (Å²) in [5, 5.41) is 42.9. The number of nitrogens with zero attached hydrogens (tertiary/aromatic N) is 3. The van der Waals surface area contributed by atoms with E-state index in [1.807, 2.05) is 55.4 Å². The van der Waals surface area contributed by atoms with E-state index < -0.39 is 4.92 Å². The molecular weight excluding hydrogens is 442 g/mol. The van der Waals surface area contributed by atoms with Gasteiger partial charge in [-0.3, -0.25) is 10.1 Å². The number of nitro benzene ring substituents is 1. The first-order chi connectivity index (χ1) is 16.2. The van der Waals surface area contributed by atoms with Crippen molar-refractivity contribution in [2.45, 2.75) is 69.2 Å². The molecule has 0 aliphatic rings. The second-order valence-electron chi connectivity index (χ2n) is 9.44. The van der Waals surface area contributed by atoms with Crippen molar-refractivity contribution < 1.29 is 15.1 Å². The normalized spacial score (nSPS) is 11.5. The number of phenolic OH excluding ortho intramolecular Hbond substituents is 2. The summed E-state index contributed by atoms with van der Waals surface area (Å²) in [7, 11) is 0. The van der Waals surface area contributed by atoms with E-state index in [0.29, 0.717) is 27.8 Å². The number of phenols is 2. The minimum atomic E-state index is -0.432. The molecule has 0 unspecified atom stereocenters. The molecule has 0 aromatic heterocycles. The van der Waals surface area contributed by atoms with E-state index in [9.17, 15) is 20.3 Å². The number of hydrogen-bond acceptors (Lipinski definition) is 6. The zero-order valence-electron chi connectivity index (χ0n) is 22.1. The molecule has 0 fully saturated rings. The van der Waals surface area contributed by atoms with Crippen molar-refractivity contribution in [1.29, 1.82) is 0 Å². The maximum Gasteiger partial charge on any atom is 0.300 e. The molecule has 3 aromatic carbocycles. The van der Waals surface area contributed by atoms with E-state index >= 15 is 0 Å². The Balaban J connectivity index is 2.37. The predicted molar refractivity (Wildman–Crippen MR) is 140 cm³/mol. The smallest absolute Gasteiger partial charge is 0.300 e.